The van der Waals surface area contributed by atoms with E-state index in [9.17, 15) is 4.79 Å². The highest BCUT2D eigenvalue weighted by atomic mass is 32.1. The minimum atomic E-state index is -0.180. The van der Waals surface area contributed by atoms with Crippen molar-refractivity contribution in [3.8, 4) is 0 Å². The number of aliphatic hydroxyl groups excluding tert-OH is 1. The van der Waals surface area contributed by atoms with Crippen molar-refractivity contribution in [1.82, 2.24) is 20.0 Å². The second-order valence-corrected chi connectivity index (χ2v) is 8.45. The first-order valence-electron chi connectivity index (χ1n) is 9.85. The third-order valence-corrected chi connectivity index (χ3v) is 6.82. The van der Waals surface area contributed by atoms with Gasteiger partial charge in [0.05, 0.1) is 13.2 Å². The van der Waals surface area contributed by atoms with Crippen LogP contribution < -0.4 is 10.5 Å². The smallest absolute Gasteiger partial charge is 0.287 e. The second kappa shape index (κ2) is 6.83. The predicted molar refractivity (Wildman–Crippen MR) is 107 cm³/mol. The summed E-state index contributed by atoms with van der Waals surface area (Å²) < 4.78 is 1.85. The Hall–Kier alpha value is -2.06. The monoisotopic (exact) mass is 385 g/mol. The molecule has 8 heteroatoms. The van der Waals surface area contributed by atoms with Crippen LogP contribution in [0.15, 0.2) is 4.79 Å². The molecule has 3 aromatic heterocycles. The van der Waals surface area contributed by atoms with Gasteiger partial charge in [-0.3, -0.25) is 4.79 Å². The number of hydrogen-bond donors (Lipinski definition) is 1. The molecular weight excluding hydrogens is 362 g/mol. The summed E-state index contributed by atoms with van der Waals surface area (Å²) in [5.74, 6) is 1.13. The summed E-state index contributed by atoms with van der Waals surface area (Å²) in [4.78, 5) is 21.1. The Morgan fingerprint density at radius 3 is 2.59 bits per heavy atom. The molecule has 7 nitrogen and oxygen atoms in total. The van der Waals surface area contributed by atoms with Crippen molar-refractivity contribution in [1.29, 1.82) is 0 Å². The molecule has 0 aromatic carbocycles. The standard InChI is InChI=1S/C19H23N5O2S/c25-11-10-24-19(26)16-15(21-22-24)14-12-6-2-3-7-13(12)17(20-18(14)27-16)23-8-4-1-5-9-23/h25H,1-11H2. The Morgan fingerprint density at radius 1 is 1.04 bits per heavy atom. The fourth-order valence-corrected chi connectivity index (χ4v) is 5.54. The lowest BCUT2D eigenvalue weighted by molar-refractivity contribution is 0.264. The minimum absolute atomic E-state index is 0.127. The molecule has 3 aromatic rings. The van der Waals surface area contributed by atoms with Crippen LogP contribution in [-0.2, 0) is 19.4 Å². The lowest BCUT2D eigenvalue weighted by Gasteiger charge is -2.31. The quantitative estimate of drug-likeness (QED) is 0.745. The van der Waals surface area contributed by atoms with Crippen LogP contribution in [0.2, 0.25) is 0 Å². The third-order valence-electron chi connectivity index (χ3n) is 5.76. The van der Waals surface area contributed by atoms with Crippen LogP contribution in [0.4, 0.5) is 5.82 Å². The van der Waals surface area contributed by atoms with Gasteiger partial charge in [-0.25, -0.2) is 9.67 Å². The van der Waals surface area contributed by atoms with Crippen molar-refractivity contribution in [2.24, 2.45) is 0 Å². The number of anilines is 1. The van der Waals surface area contributed by atoms with Gasteiger partial charge in [0.1, 0.15) is 20.9 Å². The molecule has 5 rings (SSSR count). The molecule has 0 saturated carbocycles. The summed E-state index contributed by atoms with van der Waals surface area (Å²) in [6, 6.07) is 0. The van der Waals surface area contributed by atoms with E-state index >= 15 is 0 Å². The molecule has 1 fully saturated rings. The molecule has 0 bridgehead atoms. The van der Waals surface area contributed by atoms with E-state index in [1.807, 2.05) is 0 Å². The number of pyridine rings is 1. The summed E-state index contributed by atoms with van der Waals surface area (Å²) in [5.41, 5.74) is 3.19. The first-order valence-corrected chi connectivity index (χ1v) is 10.7. The highest BCUT2D eigenvalue weighted by molar-refractivity contribution is 7.25. The fourth-order valence-electron chi connectivity index (χ4n) is 4.46. The van der Waals surface area contributed by atoms with Gasteiger partial charge < -0.3 is 10.0 Å². The molecule has 27 heavy (non-hydrogen) atoms. The lowest BCUT2D eigenvalue weighted by Crippen LogP contribution is -2.31. The Kier molecular flexibility index (Phi) is 4.32. The SMILES string of the molecule is O=c1c2sc3nc(N4CCCCC4)c4c(c3c2nnn1CCO)CCCC4. The van der Waals surface area contributed by atoms with E-state index in [4.69, 9.17) is 10.1 Å². The van der Waals surface area contributed by atoms with Crippen molar-refractivity contribution < 1.29 is 5.11 Å². The molecule has 0 amide bonds. The molecule has 1 aliphatic carbocycles. The van der Waals surface area contributed by atoms with Gasteiger partial charge in [-0.15, -0.1) is 16.4 Å². The average Bonchev–Trinajstić information content (AvgIpc) is 3.10. The van der Waals surface area contributed by atoms with Gasteiger partial charge in [-0.05, 0) is 56.1 Å². The van der Waals surface area contributed by atoms with Crippen LogP contribution >= 0.6 is 11.3 Å². The molecule has 0 radical (unpaired) electrons. The zero-order chi connectivity index (χ0) is 18.4. The molecular formula is C19H23N5O2S. The molecule has 1 aliphatic heterocycles. The van der Waals surface area contributed by atoms with Crippen molar-refractivity contribution in [2.75, 3.05) is 24.6 Å². The number of nitrogens with zero attached hydrogens (tertiary/aromatic N) is 5. The van der Waals surface area contributed by atoms with E-state index in [1.165, 1.54) is 52.8 Å². The van der Waals surface area contributed by atoms with Gasteiger partial charge in [0, 0.05) is 18.5 Å². The Balaban J connectivity index is 1.78. The van der Waals surface area contributed by atoms with Crippen LogP contribution in [0, 0.1) is 0 Å². The predicted octanol–water partition coefficient (Wildman–Crippen LogP) is 2.26. The molecule has 0 atom stereocenters. The number of aromatic nitrogens is 4. The van der Waals surface area contributed by atoms with Gasteiger partial charge >= 0.3 is 0 Å². The Morgan fingerprint density at radius 2 is 1.81 bits per heavy atom. The number of aryl methyl sites for hydroxylation is 1. The maximum atomic E-state index is 12.8. The van der Waals surface area contributed by atoms with Crippen molar-refractivity contribution in [3.05, 3.63) is 21.5 Å². The normalized spacial score (nSPS) is 17.6. The maximum absolute atomic E-state index is 12.8. The Bertz CT molecular complexity index is 1070. The van der Waals surface area contributed by atoms with Gasteiger partial charge in [0.2, 0.25) is 0 Å². The highest BCUT2D eigenvalue weighted by Gasteiger charge is 2.26. The first kappa shape index (κ1) is 17.1. The van der Waals surface area contributed by atoms with E-state index in [0.717, 1.165) is 48.4 Å². The van der Waals surface area contributed by atoms with Crippen molar-refractivity contribution in [2.45, 2.75) is 51.5 Å². The van der Waals surface area contributed by atoms with Crippen LogP contribution in [0.1, 0.15) is 43.2 Å². The molecule has 1 saturated heterocycles. The van der Waals surface area contributed by atoms with E-state index in [0.29, 0.717) is 10.2 Å². The van der Waals surface area contributed by atoms with Gasteiger partial charge in [-0.2, -0.15) is 0 Å². The summed E-state index contributed by atoms with van der Waals surface area (Å²) in [7, 11) is 0. The highest BCUT2D eigenvalue weighted by Crippen LogP contribution is 2.40. The van der Waals surface area contributed by atoms with Crippen LogP contribution in [-0.4, -0.2) is 44.8 Å². The van der Waals surface area contributed by atoms with E-state index in [2.05, 4.69) is 15.2 Å². The number of piperidine rings is 1. The van der Waals surface area contributed by atoms with Crippen molar-refractivity contribution in [3.63, 3.8) is 0 Å². The minimum Gasteiger partial charge on any atom is -0.394 e. The topological polar surface area (TPSA) is 84.1 Å². The third kappa shape index (κ3) is 2.73. The fraction of sp³-hybridized carbons (Fsp3) is 0.579. The summed E-state index contributed by atoms with van der Waals surface area (Å²) in [6.45, 7) is 2.18. The van der Waals surface area contributed by atoms with Gasteiger partial charge in [0.25, 0.3) is 5.56 Å². The van der Waals surface area contributed by atoms with Crippen LogP contribution in [0.25, 0.3) is 20.4 Å². The van der Waals surface area contributed by atoms with Gasteiger partial charge in [-0.1, -0.05) is 5.21 Å². The molecule has 0 unspecified atom stereocenters. The van der Waals surface area contributed by atoms with E-state index in [-0.39, 0.29) is 18.7 Å². The molecule has 142 valence electrons. The zero-order valence-corrected chi connectivity index (χ0v) is 16.1. The summed E-state index contributed by atoms with van der Waals surface area (Å²) in [6.07, 6.45) is 8.16. The summed E-state index contributed by atoms with van der Waals surface area (Å²) in [5, 5.41) is 18.6. The van der Waals surface area contributed by atoms with Crippen LogP contribution in [0.3, 0.4) is 0 Å². The maximum Gasteiger partial charge on any atom is 0.287 e. The molecule has 0 spiro atoms. The molecule has 2 aliphatic rings. The number of aliphatic hydroxyl groups is 1. The molecule has 4 heterocycles. The number of fused-ring (bicyclic) bond motifs is 5. The van der Waals surface area contributed by atoms with E-state index < -0.39 is 0 Å². The first-order chi connectivity index (χ1) is 13.3. The number of hydrogen-bond acceptors (Lipinski definition) is 7. The average molecular weight is 385 g/mol. The lowest BCUT2D eigenvalue weighted by atomic mass is 9.89. The number of thiophene rings is 1. The molecule has 1 N–H and O–H groups in total. The number of rotatable bonds is 3. The largest absolute Gasteiger partial charge is 0.394 e. The Labute approximate surface area is 160 Å². The zero-order valence-electron chi connectivity index (χ0n) is 15.3. The summed E-state index contributed by atoms with van der Waals surface area (Å²) >= 11 is 1.42. The van der Waals surface area contributed by atoms with Crippen LogP contribution in [0.5, 0.6) is 0 Å². The van der Waals surface area contributed by atoms with Crippen molar-refractivity contribution >= 4 is 37.6 Å². The van der Waals surface area contributed by atoms with E-state index in [1.54, 1.807) is 0 Å². The van der Waals surface area contributed by atoms with Gasteiger partial charge in [0.15, 0.2) is 0 Å². The second-order valence-electron chi connectivity index (χ2n) is 7.45.